The van der Waals surface area contributed by atoms with Gasteiger partial charge in [0.25, 0.3) is 0 Å². The summed E-state index contributed by atoms with van der Waals surface area (Å²) in [4.78, 5) is 6.72. The number of aromatic nitrogens is 1. The molecule has 118 valence electrons. The number of nitrogens with zero attached hydrogens (tertiary/aromatic N) is 3. The van der Waals surface area contributed by atoms with Gasteiger partial charge >= 0.3 is 0 Å². The maximum absolute atomic E-state index is 6.12. The van der Waals surface area contributed by atoms with Gasteiger partial charge in [0.05, 0.1) is 5.52 Å². The van der Waals surface area contributed by atoms with Crippen molar-refractivity contribution in [2.75, 3.05) is 13.1 Å². The highest BCUT2D eigenvalue weighted by atomic mass is 127. The van der Waals surface area contributed by atoms with E-state index in [0.717, 1.165) is 18.9 Å². The van der Waals surface area contributed by atoms with Crippen molar-refractivity contribution in [3.63, 3.8) is 0 Å². The van der Waals surface area contributed by atoms with E-state index in [1.54, 1.807) is 0 Å². The normalized spacial score (nSPS) is 14.5. The molecule has 4 nitrogen and oxygen atoms in total. The summed E-state index contributed by atoms with van der Waals surface area (Å²) in [5.74, 6) is 1.54. The van der Waals surface area contributed by atoms with E-state index in [2.05, 4.69) is 57.9 Å². The van der Waals surface area contributed by atoms with Crippen molar-refractivity contribution >= 4 is 46.7 Å². The molecule has 0 unspecified atom stereocenters. The molecule has 2 aromatic rings. The number of unbranched alkanes of at least 4 members (excludes halogenated alkanes) is 2. The molecule has 22 heavy (non-hydrogen) atoms. The third-order valence-electron chi connectivity index (χ3n) is 3.93. The Hall–Kier alpha value is -1.50. The third kappa shape index (κ3) is 3.45. The fourth-order valence-electron chi connectivity index (χ4n) is 2.71. The quantitative estimate of drug-likeness (QED) is 0.601. The molecule has 0 radical (unpaired) electrons. The van der Waals surface area contributed by atoms with Crippen LogP contribution in [-0.4, -0.2) is 28.5 Å². The van der Waals surface area contributed by atoms with Crippen LogP contribution in [0.5, 0.6) is 0 Å². The van der Waals surface area contributed by atoms with Crippen LogP contribution >= 0.6 is 24.0 Å². The number of para-hydroxylation sites is 1. The first kappa shape index (κ1) is 16.9. The lowest BCUT2D eigenvalue weighted by Gasteiger charge is -2.26. The Morgan fingerprint density at radius 2 is 2.00 bits per heavy atom. The molecular weight excluding hydrogens is 387 g/mol. The fourth-order valence-corrected chi connectivity index (χ4v) is 2.71. The Labute approximate surface area is 148 Å². The van der Waals surface area contributed by atoms with Crippen LogP contribution in [0.4, 0.5) is 0 Å². The molecule has 5 heteroatoms. The second-order valence-electron chi connectivity index (χ2n) is 5.43. The average molecular weight is 410 g/mol. The second kappa shape index (κ2) is 7.67. The molecule has 0 atom stereocenters. The first-order chi connectivity index (χ1) is 10.3. The predicted octanol–water partition coefficient (Wildman–Crippen LogP) is 3.88. The zero-order valence-corrected chi connectivity index (χ0v) is 15.2. The largest absolute Gasteiger partial charge is 0.369 e. The summed E-state index contributed by atoms with van der Waals surface area (Å²) in [5, 5.41) is 1.22. The average Bonchev–Trinajstić information content (AvgIpc) is 2.93. The molecule has 1 aliphatic rings. The Morgan fingerprint density at radius 1 is 1.18 bits per heavy atom. The van der Waals surface area contributed by atoms with E-state index in [0.29, 0.717) is 5.96 Å². The lowest BCUT2D eigenvalue weighted by molar-refractivity contribution is 0.431. The third-order valence-corrected chi connectivity index (χ3v) is 3.93. The molecular formula is C17H23IN4. The number of nitrogens with two attached hydrogens (primary N) is 1. The molecule has 0 amide bonds. The SMILES string of the molecule is CCCCCN1CC=C(n2ccc3ccccc32)N=C1N.I. The number of rotatable bonds is 5. The molecule has 1 aliphatic heterocycles. The number of fused-ring (bicyclic) bond motifs is 1. The summed E-state index contributed by atoms with van der Waals surface area (Å²) in [6.07, 6.45) is 7.83. The van der Waals surface area contributed by atoms with Crippen molar-refractivity contribution < 1.29 is 0 Å². The molecule has 3 rings (SSSR count). The monoisotopic (exact) mass is 410 g/mol. The van der Waals surface area contributed by atoms with E-state index in [9.17, 15) is 0 Å². The van der Waals surface area contributed by atoms with Gasteiger partial charge in [0.2, 0.25) is 0 Å². The molecule has 0 aliphatic carbocycles. The van der Waals surface area contributed by atoms with Crippen molar-refractivity contribution in [1.29, 1.82) is 0 Å². The predicted molar refractivity (Wildman–Crippen MR) is 104 cm³/mol. The minimum Gasteiger partial charge on any atom is -0.369 e. The first-order valence-electron chi connectivity index (χ1n) is 7.65. The summed E-state index contributed by atoms with van der Waals surface area (Å²) >= 11 is 0. The van der Waals surface area contributed by atoms with Crippen molar-refractivity contribution in [3.05, 3.63) is 42.6 Å². The lowest BCUT2D eigenvalue weighted by atomic mass is 10.2. The molecule has 0 bridgehead atoms. The van der Waals surface area contributed by atoms with E-state index in [4.69, 9.17) is 5.73 Å². The van der Waals surface area contributed by atoms with Crippen molar-refractivity contribution in [2.24, 2.45) is 10.7 Å². The number of guanidine groups is 1. The Morgan fingerprint density at radius 3 is 2.77 bits per heavy atom. The van der Waals surface area contributed by atoms with Gasteiger partial charge in [0.15, 0.2) is 5.96 Å². The lowest BCUT2D eigenvalue weighted by Crippen LogP contribution is -2.40. The molecule has 0 saturated carbocycles. The molecule has 1 aromatic carbocycles. The summed E-state index contributed by atoms with van der Waals surface area (Å²) < 4.78 is 2.10. The second-order valence-corrected chi connectivity index (χ2v) is 5.43. The Kier molecular flexibility index (Phi) is 5.88. The van der Waals surface area contributed by atoms with Gasteiger partial charge in [-0.25, -0.2) is 0 Å². The smallest absolute Gasteiger partial charge is 0.198 e. The van der Waals surface area contributed by atoms with Crippen LogP contribution in [0, 0.1) is 0 Å². The maximum Gasteiger partial charge on any atom is 0.198 e. The number of benzene rings is 1. The highest BCUT2D eigenvalue weighted by Crippen LogP contribution is 2.21. The molecule has 1 aromatic heterocycles. The molecule has 0 spiro atoms. The van der Waals surface area contributed by atoms with Crippen molar-refractivity contribution in [3.8, 4) is 0 Å². The van der Waals surface area contributed by atoms with Gasteiger partial charge in [-0.15, -0.1) is 24.0 Å². The van der Waals surface area contributed by atoms with Gasteiger partial charge in [0.1, 0.15) is 5.82 Å². The van der Waals surface area contributed by atoms with Gasteiger partial charge < -0.3 is 15.2 Å². The minimum atomic E-state index is 0. The fraction of sp³-hybridized carbons (Fsp3) is 0.353. The van der Waals surface area contributed by atoms with Crippen LogP contribution in [0.2, 0.25) is 0 Å². The van der Waals surface area contributed by atoms with Crippen LogP contribution in [-0.2, 0) is 0 Å². The van der Waals surface area contributed by atoms with E-state index >= 15 is 0 Å². The number of halogens is 1. The van der Waals surface area contributed by atoms with E-state index in [1.807, 2.05) is 6.07 Å². The van der Waals surface area contributed by atoms with E-state index in [-0.39, 0.29) is 24.0 Å². The van der Waals surface area contributed by atoms with Gasteiger partial charge in [-0.05, 0) is 30.0 Å². The Bertz CT molecular complexity index is 687. The summed E-state index contributed by atoms with van der Waals surface area (Å²) in [6.45, 7) is 4.03. The molecule has 0 fully saturated rings. The van der Waals surface area contributed by atoms with Crippen molar-refractivity contribution in [2.45, 2.75) is 26.2 Å². The Balaban J connectivity index is 0.00000176. The van der Waals surface area contributed by atoms with Crippen LogP contribution in [0.3, 0.4) is 0 Å². The first-order valence-corrected chi connectivity index (χ1v) is 7.65. The molecule has 2 N–H and O–H groups in total. The number of hydrogen-bond acceptors (Lipinski definition) is 3. The van der Waals surface area contributed by atoms with E-state index < -0.39 is 0 Å². The van der Waals surface area contributed by atoms with Crippen LogP contribution in [0.15, 0.2) is 47.6 Å². The summed E-state index contributed by atoms with van der Waals surface area (Å²) in [6, 6.07) is 10.4. The summed E-state index contributed by atoms with van der Waals surface area (Å²) in [5.41, 5.74) is 7.29. The highest BCUT2D eigenvalue weighted by Gasteiger charge is 2.14. The van der Waals surface area contributed by atoms with Crippen LogP contribution in [0.25, 0.3) is 16.7 Å². The minimum absolute atomic E-state index is 0. The van der Waals surface area contributed by atoms with Crippen LogP contribution < -0.4 is 5.73 Å². The number of hydrogen-bond donors (Lipinski definition) is 1. The zero-order chi connectivity index (χ0) is 14.7. The molecule has 2 heterocycles. The maximum atomic E-state index is 6.12. The zero-order valence-electron chi connectivity index (χ0n) is 12.9. The van der Waals surface area contributed by atoms with Gasteiger partial charge in [0, 0.05) is 19.3 Å². The molecule has 0 saturated heterocycles. The number of aliphatic imine (C=N–C) groups is 1. The standard InChI is InChI=1S/C17H22N4.HI/c1-2-3-6-11-20-12-10-16(19-17(20)18)21-13-9-14-7-4-5-8-15(14)21;/h4-5,7-10,13H,2-3,6,11-12H2,1H3,(H2,18,19);1H. The van der Waals surface area contributed by atoms with Gasteiger partial charge in [-0.2, -0.15) is 4.99 Å². The highest BCUT2D eigenvalue weighted by molar-refractivity contribution is 14.0. The van der Waals surface area contributed by atoms with Crippen LogP contribution in [0.1, 0.15) is 26.2 Å². The summed E-state index contributed by atoms with van der Waals surface area (Å²) in [7, 11) is 0. The van der Waals surface area contributed by atoms with Gasteiger partial charge in [-0.1, -0.05) is 38.0 Å². The van der Waals surface area contributed by atoms with Crippen molar-refractivity contribution in [1.82, 2.24) is 9.47 Å². The topological polar surface area (TPSA) is 46.5 Å². The van der Waals surface area contributed by atoms with Gasteiger partial charge in [-0.3, -0.25) is 0 Å². The van der Waals surface area contributed by atoms with E-state index in [1.165, 1.54) is 30.2 Å².